The summed E-state index contributed by atoms with van der Waals surface area (Å²) in [5, 5.41) is 3.22. The van der Waals surface area contributed by atoms with E-state index in [2.05, 4.69) is 73.1 Å². The van der Waals surface area contributed by atoms with Crippen LogP contribution in [-0.2, 0) is 11.3 Å². The molecule has 2 aromatic rings. The molecule has 0 spiro atoms. The van der Waals surface area contributed by atoms with E-state index in [9.17, 15) is 4.79 Å². The zero-order valence-electron chi connectivity index (χ0n) is 19.9. The monoisotopic (exact) mass is 423 g/mol. The lowest BCUT2D eigenvalue weighted by atomic mass is 9.98. The highest BCUT2D eigenvalue weighted by Crippen LogP contribution is 2.28. The van der Waals surface area contributed by atoms with Crippen molar-refractivity contribution in [3.05, 3.63) is 58.7 Å². The van der Waals surface area contributed by atoms with Crippen molar-refractivity contribution < 1.29 is 9.53 Å². The van der Waals surface area contributed by atoms with Crippen LogP contribution in [0.5, 0.6) is 5.75 Å². The number of hydrogen-bond acceptors (Lipinski definition) is 4. The quantitative estimate of drug-likeness (QED) is 0.708. The molecule has 1 N–H and O–H groups in total. The van der Waals surface area contributed by atoms with E-state index in [0.717, 1.165) is 49.7 Å². The lowest BCUT2D eigenvalue weighted by Gasteiger charge is -2.37. The van der Waals surface area contributed by atoms with Gasteiger partial charge in [-0.1, -0.05) is 49.7 Å². The van der Waals surface area contributed by atoms with E-state index in [-0.39, 0.29) is 11.9 Å². The molecule has 0 unspecified atom stereocenters. The first-order chi connectivity index (χ1) is 14.8. The van der Waals surface area contributed by atoms with E-state index < -0.39 is 0 Å². The van der Waals surface area contributed by atoms with Gasteiger partial charge in [-0.3, -0.25) is 14.6 Å². The highest BCUT2D eigenvalue weighted by atomic mass is 16.5. The molecule has 0 saturated carbocycles. The number of carbonyl (C=O) groups excluding carboxylic acids is 1. The summed E-state index contributed by atoms with van der Waals surface area (Å²) >= 11 is 0. The Morgan fingerprint density at radius 1 is 1.06 bits per heavy atom. The van der Waals surface area contributed by atoms with E-state index in [4.69, 9.17) is 4.74 Å². The van der Waals surface area contributed by atoms with Crippen LogP contribution in [0, 0.1) is 13.8 Å². The average Bonchev–Trinajstić information content (AvgIpc) is 2.75. The molecule has 1 atom stereocenters. The molecule has 0 aliphatic carbocycles. The van der Waals surface area contributed by atoms with Gasteiger partial charge >= 0.3 is 0 Å². The highest BCUT2D eigenvalue weighted by Gasteiger charge is 2.27. The second-order valence-electron chi connectivity index (χ2n) is 8.99. The van der Waals surface area contributed by atoms with Gasteiger partial charge in [-0.2, -0.15) is 0 Å². The topological polar surface area (TPSA) is 44.8 Å². The number of aryl methyl sites for hydroxylation is 2. The van der Waals surface area contributed by atoms with Gasteiger partial charge in [-0.15, -0.1) is 0 Å². The third kappa shape index (κ3) is 5.66. The van der Waals surface area contributed by atoms with Gasteiger partial charge in [0.05, 0.1) is 13.2 Å². The summed E-state index contributed by atoms with van der Waals surface area (Å²) in [6.07, 6.45) is 0. The third-order valence-electron chi connectivity index (χ3n) is 6.34. The maximum Gasteiger partial charge on any atom is 0.241 e. The first kappa shape index (κ1) is 23.3. The normalized spacial score (nSPS) is 16.4. The third-order valence-corrected chi connectivity index (χ3v) is 6.34. The molecule has 3 rings (SSSR count). The molecule has 168 valence electrons. The fourth-order valence-electron chi connectivity index (χ4n) is 4.32. The van der Waals surface area contributed by atoms with Gasteiger partial charge in [0.2, 0.25) is 5.91 Å². The second-order valence-corrected chi connectivity index (χ2v) is 8.99. The van der Waals surface area contributed by atoms with Gasteiger partial charge in [-0.25, -0.2) is 0 Å². The smallest absolute Gasteiger partial charge is 0.241 e. The number of anilines is 1. The summed E-state index contributed by atoms with van der Waals surface area (Å²) in [5.41, 5.74) is 5.75. The zero-order chi connectivity index (χ0) is 22.5. The summed E-state index contributed by atoms with van der Waals surface area (Å²) in [4.78, 5) is 17.8. The molecule has 2 aromatic carbocycles. The summed E-state index contributed by atoms with van der Waals surface area (Å²) in [6.45, 7) is 15.0. The number of rotatable bonds is 7. The number of piperazine rings is 1. The minimum Gasteiger partial charge on any atom is -0.496 e. The van der Waals surface area contributed by atoms with Crippen LogP contribution in [-0.4, -0.2) is 55.0 Å². The molecular formula is C26H37N3O2. The van der Waals surface area contributed by atoms with E-state index in [1.807, 2.05) is 13.0 Å². The number of benzene rings is 2. The second kappa shape index (κ2) is 10.3. The van der Waals surface area contributed by atoms with Crippen molar-refractivity contribution in [3.63, 3.8) is 0 Å². The predicted molar refractivity (Wildman–Crippen MR) is 128 cm³/mol. The van der Waals surface area contributed by atoms with Crippen LogP contribution >= 0.6 is 0 Å². The molecule has 1 amide bonds. The summed E-state index contributed by atoms with van der Waals surface area (Å²) in [6, 6.07) is 12.4. The van der Waals surface area contributed by atoms with Crippen molar-refractivity contribution >= 4 is 11.6 Å². The van der Waals surface area contributed by atoms with E-state index >= 15 is 0 Å². The Hall–Kier alpha value is -2.37. The molecule has 1 aliphatic heterocycles. The maximum atomic E-state index is 13.0. The Labute approximate surface area is 187 Å². The van der Waals surface area contributed by atoms with Crippen molar-refractivity contribution in [2.24, 2.45) is 0 Å². The Kier molecular flexibility index (Phi) is 7.74. The lowest BCUT2D eigenvalue weighted by Crippen LogP contribution is -2.52. The standard InChI is InChI=1S/C26H37N3O2/c1-18(2)23-9-7-8-20(4)25(23)27-26(30)21(5)29-14-12-28(13-15-29)17-22-16-19(3)10-11-24(22)31-6/h7-11,16,18,21H,12-15,17H2,1-6H3,(H,27,30)/t21-/m1/s1. The molecule has 31 heavy (non-hydrogen) atoms. The largest absolute Gasteiger partial charge is 0.496 e. The summed E-state index contributed by atoms with van der Waals surface area (Å²) < 4.78 is 5.54. The van der Waals surface area contributed by atoms with Crippen molar-refractivity contribution in [3.8, 4) is 5.75 Å². The summed E-state index contributed by atoms with van der Waals surface area (Å²) in [5.74, 6) is 1.39. The summed E-state index contributed by atoms with van der Waals surface area (Å²) in [7, 11) is 1.73. The van der Waals surface area contributed by atoms with Crippen LogP contribution in [0.25, 0.3) is 0 Å². The van der Waals surface area contributed by atoms with Gasteiger partial charge < -0.3 is 10.1 Å². The number of para-hydroxylation sites is 1. The average molecular weight is 424 g/mol. The number of methoxy groups -OCH3 is 1. The van der Waals surface area contributed by atoms with Crippen molar-refractivity contribution in [1.29, 1.82) is 0 Å². The molecule has 1 saturated heterocycles. The van der Waals surface area contributed by atoms with E-state index in [0.29, 0.717) is 5.92 Å². The Morgan fingerprint density at radius 3 is 2.42 bits per heavy atom. The Morgan fingerprint density at radius 2 is 1.77 bits per heavy atom. The van der Waals surface area contributed by atoms with Crippen molar-refractivity contribution in [2.75, 3.05) is 38.6 Å². The molecule has 0 aromatic heterocycles. The number of carbonyl (C=O) groups is 1. The number of hydrogen-bond donors (Lipinski definition) is 1. The molecule has 1 heterocycles. The van der Waals surface area contributed by atoms with Crippen molar-refractivity contribution in [1.82, 2.24) is 9.80 Å². The fourth-order valence-corrected chi connectivity index (χ4v) is 4.32. The minimum atomic E-state index is -0.157. The fraction of sp³-hybridized carbons (Fsp3) is 0.500. The van der Waals surface area contributed by atoms with Gasteiger partial charge in [0.15, 0.2) is 0 Å². The molecule has 0 radical (unpaired) electrons. The minimum absolute atomic E-state index is 0.0741. The van der Waals surface area contributed by atoms with Crippen LogP contribution in [0.3, 0.4) is 0 Å². The van der Waals surface area contributed by atoms with E-state index in [1.165, 1.54) is 16.7 Å². The first-order valence-electron chi connectivity index (χ1n) is 11.3. The van der Waals surface area contributed by atoms with Crippen LogP contribution in [0.15, 0.2) is 36.4 Å². The number of ether oxygens (including phenoxy) is 1. The van der Waals surface area contributed by atoms with Gasteiger partial charge in [-0.05, 0) is 43.9 Å². The van der Waals surface area contributed by atoms with Crippen LogP contribution < -0.4 is 10.1 Å². The number of nitrogens with zero attached hydrogens (tertiary/aromatic N) is 2. The van der Waals surface area contributed by atoms with Gasteiger partial charge in [0, 0.05) is 44.0 Å². The SMILES string of the molecule is COc1ccc(C)cc1CN1CCN([C@H](C)C(=O)Nc2c(C)cccc2C(C)C)CC1. The lowest BCUT2D eigenvalue weighted by molar-refractivity contribution is -0.121. The van der Waals surface area contributed by atoms with E-state index in [1.54, 1.807) is 7.11 Å². The predicted octanol–water partition coefficient (Wildman–Crippen LogP) is 4.58. The molecular weight excluding hydrogens is 386 g/mol. The maximum absolute atomic E-state index is 13.0. The van der Waals surface area contributed by atoms with Crippen LogP contribution in [0.2, 0.25) is 0 Å². The Bertz CT molecular complexity index is 902. The molecule has 5 nitrogen and oxygen atoms in total. The number of amides is 1. The molecule has 5 heteroatoms. The van der Waals surface area contributed by atoms with Gasteiger partial charge in [0.1, 0.15) is 5.75 Å². The van der Waals surface area contributed by atoms with Crippen molar-refractivity contribution in [2.45, 2.75) is 53.1 Å². The molecule has 1 aliphatic rings. The zero-order valence-corrected chi connectivity index (χ0v) is 19.9. The Balaban J connectivity index is 1.59. The highest BCUT2D eigenvalue weighted by molar-refractivity contribution is 5.96. The molecule has 0 bridgehead atoms. The van der Waals surface area contributed by atoms with Gasteiger partial charge in [0.25, 0.3) is 0 Å². The number of nitrogens with one attached hydrogen (secondary N) is 1. The first-order valence-corrected chi connectivity index (χ1v) is 11.3. The molecule has 1 fully saturated rings. The van der Waals surface area contributed by atoms with Crippen LogP contribution in [0.1, 0.15) is 48.9 Å². The van der Waals surface area contributed by atoms with Crippen LogP contribution in [0.4, 0.5) is 5.69 Å².